The largest absolute Gasteiger partial charge is 0.435 e. The van der Waals surface area contributed by atoms with E-state index in [-0.39, 0.29) is 5.75 Å². The van der Waals surface area contributed by atoms with Gasteiger partial charge < -0.3 is 4.74 Å². The first kappa shape index (κ1) is 10.7. The van der Waals surface area contributed by atoms with E-state index in [1.807, 2.05) is 13.0 Å². The Balaban J connectivity index is 2.73. The van der Waals surface area contributed by atoms with Crippen LogP contribution in [0.2, 0.25) is 0 Å². The fraction of sp³-hybridized carbons (Fsp3) is 0.273. The highest BCUT2D eigenvalue weighted by molar-refractivity contribution is 5.30. The Bertz CT molecular complexity index is 321. The number of ether oxygens (including phenoxy) is 1. The molecule has 1 nitrogen and oxygen atoms in total. The van der Waals surface area contributed by atoms with E-state index < -0.39 is 6.61 Å². The molecule has 0 amide bonds. The molecule has 76 valence electrons. The van der Waals surface area contributed by atoms with Crippen molar-refractivity contribution < 1.29 is 13.5 Å². The van der Waals surface area contributed by atoms with Crippen LogP contribution in [0.1, 0.15) is 12.5 Å². The molecule has 0 saturated carbocycles. The fourth-order valence-electron chi connectivity index (χ4n) is 1.18. The first-order chi connectivity index (χ1) is 6.58. The first-order valence-electron chi connectivity index (χ1n) is 4.26. The predicted octanol–water partition coefficient (Wildman–Crippen LogP) is 3.41. The van der Waals surface area contributed by atoms with E-state index in [0.717, 1.165) is 11.1 Å². The summed E-state index contributed by atoms with van der Waals surface area (Å²) in [4.78, 5) is 0. The molecule has 0 N–H and O–H groups in total. The lowest BCUT2D eigenvalue weighted by atomic mass is 10.1. The third-order valence-electron chi connectivity index (χ3n) is 1.63. The number of allylic oxidation sites excluding steroid dienone is 1. The second kappa shape index (κ2) is 4.74. The molecule has 0 aliphatic carbocycles. The molecule has 0 saturated heterocycles. The molecule has 0 heterocycles. The Morgan fingerprint density at radius 3 is 2.79 bits per heavy atom. The normalized spacial score (nSPS) is 10.3. The number of benzene rings is 1. The van der Waals surface area contributed by atoms with Gasteiger partial charge in [0.2, 0.25) is 0 Å². The van der Waals surface area contributed by atoms with Crippen LogP contribution in [0.25, 0.3) is 0 Å². The number of alkyl halides is 2. The summed E-state index contributed by atoms with van der Waals surface area (Å²) in [5.74, 6) is 0.193. The third kappa shape index (κ3) is 3.56. The summed E-state index contributed by atoms with van der Waals surface area (Å²) in [6.45, 7) is 2.87. The lowest BCUT2D eigenvalue weighted by Crippen LogP contribution is -2.02. The lowest BCUT2D eigenvalue weighted by Gasteiger charge is -2.06. The molecule has 0 bridgehead atoms. The Labute approximate surface area is 82.0 Å². The Morgan fingerprint density at radius 1 is 1.50 bits per heavy atom. The van der Waals surface area contributed by atoms with Crippen LogP contribution < -0.4 is 4.74 Å². The van der Waals surface area contributed by atoms with Gasteiger partial charge in [0.15, 0.2) is 0 Å². The second-order valence-corrected chi connectivity index (χ2v) is 3.16. The minimum Gasteiger partial charge on any atom is -0.435 e. The molecule has 0 aliphatic heterocycles. The molecule has 0 fully saturated rings. The van der Waals surface area contributed by atoms with Gasteiger partial charge in [-0.3, -0.25) is 0 Å². The minimum absolute atomic E-state index is 0.193. The van der Waals surface area contributed by atoms with Crippen molar-refractivity contribution in [2.45, 2.75) is 20.0 Å². The Morgan fingerprint density at radius 2 is 2.21 bits per heavy atom. The molecule has 3 heteroatoms. The van der Waals surface area contributed by atoms with E-state index in [1.54, 1.807) is 12.1 Å². The summed E-state index contributed by atoms with van der Waals surface area (Å²) in [5.41, 5.74) is 1.91. The van der Waals surface area contributed by atoms with Crippen LogP contribution in [-0.4, -0.2) is 6.61 Å². The average molecular weight is 198 g/mol. The zero-order valence-corrected chi connectivity index (χ0v) is 7.97. The van der Waals surface area contributed by atoms with Crippen LogP contribution in [0.15, 0.2) is 36.4 Å². The van der Waals surface area contributed by atoms with Crippen LogP contribution >= 0.6 is 0 Å². The highest BCUT2D eigenvalue weighted by Crippen LogP contribution is 2.17. The van der Waals surface area contributed by atoms with Crippen molar-refractivity contribution in [2.24, 2.45) is 0 Å². The SMILES string of the molecule is C=C(C)Cc1cccc(OC(F)F)c1. The van der Waals surface area contributed by atoms with Crippen LogP contribution in [0.3, 0.4) is 0 Å². The van der Waals surface area contributed by atoms with Crippen molar-refractivity contribution in [3.8, 4) is 5.75 Å². The molecule has 0 spiro atoms. The van der Waals surface area contributed by atoms with Crippen molar-refractivity contribution in [3.05, 3.63) is 42.0 Å². The molecular formula is C11H12F2O. The van der Waals surface area contributed by atoms with Gasteiger partial charge in [-0.2, -0.15) is 8.78 Å². The molecule has 0 atom stereocenters. The van der Waals surface area contributed by atoms with Gasteiger partial charge in [0.05, 0.1) is 0 Å². The maximum absolute atomic E-state index is 11.9. The minimum atomic E-state index is -2.77. The molecule has 1 rings (SSSR count). The molecule has 0 unspecified atom stereocenters. The predicted molar refractivity (Wildman–Crippen MR) is 51.6 cm³/mol. The summed E-state index contributed by atoms with van der Waals surface area (Å²) in [5, 5.41) is 0. The summed E-state index contributed by atoms with van der Waals surface area (Å²) < 4.78 is 28.0. The van der Waals surface area contributed by atoms with Gasteiger partial charge in [0, 0.05) is 0 Å². The van der Waals surface area contributed by atoms with Crippen molar-refractivity contribution >= 4 is 0 Å². The smallest absolute Gasteiger partial charge is 0.387 e. The standard InChI is InChI=1S/C11H12F2O/c1-8(2)6-9-4-3-5-10(7-9)14-11(12)13/h3-5,7,11H,1,6H2,2H3. The summed E-state index contributed by atoms with van der Waals surface area (Å²) in [6, 6.07) is 6.65. The van der Waals surface area contributed by atoms with E-state index in [9.17, 15) is 8.78 Å². The van der Waals surface area contributed by atoms with Crippen LogP contribution in [0.4, 0.5) is 8.78 Å². The van der Waals surface area contributed by atoms with Crippen molar-refractivity contribution in [1.29, 1.82) is 0 Å². The first-order valence-corrected chi connectivity index (χ1v) is 4.26. The summed E-state index contributed by atoms with van der Waals surface area (Å²) in [6.07, 6.45) is 0.681. The van der Waals surface area contributed by atoms with E-state index in [4.69, 9.17) is 0 Å². The van der Waals surface area contributed by atoms with Crippen LogP contribution in [-0.2, 0) is 6.42 Å². The van der Waals surface area contributed by atoms with E-state index in [1.165, 1.54) is 6.07 Å². The van der Waals surface area contributed by atoms with E-state index in [2.05, 4.69) is 11.3 Å². The van der Waals surface area contributed by atoms with Gasteiger partial charge in [-0.25, -0.2) is 0 Å². The number of rotatable bonds is 4. The van der Waals surface area contributed by atoms with Crippen molar-refractivity contribution in [2.75, 3.05) is 0 Å². The van der Waals surface area contributed by atoms with E-state index in [0.29, 0.717) is 6.42 Å². The molecule has 14 heavy (non-hydrogen) atoms. The van der Waals surface area contributed by atoms with Crippen molar-refractivity contribution in [1.82, 2.24) is 0 Å². The zero-order chi connectivity index (χ0) is 10.6. The van der Waals surface area contributed by atoms with Gasteiger partial charge in [-0.05, 0) is 31.0 Å². The van der Waals surface area contributed by atoms with Gasteiger partial charge in [0.1, 0.15) is 5.75 Å². The van der Waals surface area contributed by atoms with Gasteiger partial charge >= 0.3 is 6.61 Å². The molecule has 0 radical (unpaired) electrons. The quantitative estimate of drug-likeness (QED) is 0.673. The van der Waals surface area contributed by atoms with Gasteiger partial charge in [0.25, 0.3) is 0 Å². The van der Waals surface area contributed by atoms with Gasteiger partial charge in [-0.1, -0.05) is 24.3 Å². The highest BCUT2D eigenvalue weighted by atomic mass is 19.3. The van der Waals surface area contributed by atoms with E-state index >= 15 is 0 Å². The highest BCUT2D eigenvalue weighted by Gasteiger charge is 2.04. The lowest BCUT2D eigenvalue weighted by molar-refractivity contribution is -0.0498. The third-order valence-corrected chi connectivity index (χ3v) is 1.63. The average Bonchev–Trinajstić information content (AvgIpc) is 2.01. The summed E-state index contributed by atoms with van der Waals surface area (Å²) in [7, 11) is 0. The molecular weight excluding hydrogens is 186 g/mol. The Hall–Kier alpha value is -1.38. The molecule has 0 aliphatic rings. The maximum atomic E-state index is 11.9. The molecule has 1 aromatic rings. The monoisotopic (exact) mass is 198 g/mol. The maximum Gasteiger partial charge on any atom is 0.387 e. The number of hydrogen-bond donors (Lipinski definition) is 0. The summed E-state index contributed by atoms with van der Waals surface area (Å²) >= 11 is 0. The second-order valence-electron chi connectivity index (χ2n) is 3.16. The molecule has 1 aromatic carbocycles. The number of halogens is 2. The van der Waals surface area contributed by atoms with Crippen LogP contribution in [0, 0.1) is 0 Å². The fourth-order valence-corrected chi connectivity index (χ4v) is 1.18. The van der Waals surface area contributed by atoms with Crippen molar-refractivity contribution in [3.63, 3.8) is 0 Å². The zero-order valence-electron chi connectivity index (χ0n) is 7.97. The van der Waals surface area contributed by atoms with Crippen LogP contribution in [0.5, 0.6) is 5.75 Å². The topological polar surface area (TPSA) is 9.23 Å². The number of hydrogen-bond acceptors (Lipinski definition) is 1. The Kier molecular flexibility index (Phi) is 3.63. The van der Waals surface area contributed by atoms with Gasteiger partial charge in [-0.15, -0.1) is 0 Å². The molecule has 0 aromatic heterocycles.